The van der Waals surface area contributed by atoms with Gasteiger partial charge in [0.05, 0.1) is 12.0 Å². The fourth-order valence-corrected chi connectivity index (χ4v) is 1.86. The van der Waals surface area contributed by atoms with E-state index in [0.29, 0.717) is 18.8 Å². The van der Waals surface area contributed by atoms with Crippen LogP contribution in [0.1, 0.15) is 26.0 Å². The lowest BCUT2D eigenvalue weighted by Gasteiger charge is -2.19. The second-order valence-electron chi connectivity index (χ2n) is 5.57. The molecule has 1 aromatic heterocycles. The van der Waals surface area contributed by atoms with Crippen molar-refractivity contribution in [2.24, 2.45) is 5.41 Å². The molecular formula is C16H19NO3. The average Bonchev–Trinajstić information content (AvgIpc) is 2.39. The number of para-hydroxylation sites is 1. The van der Waals surface area contributed by atoms with Crippen LogP contribution in [-0.2, 0) is 4.79 Å². The van der Waals surface area contributed by atoms with Crippen LogP contribution in [0, 0.1) is 12.3 Å². The van der Waals surface area contributed by atoms with Gasteiger partial charge in [0.2, 0.25) is 0 Å². The number of benzene rings is 1. The van der Waals surface area contributed by atoms with Crippen molar-refractivity contribution in [3.8, 4) is 5.75 Å². The molecule has 0 spiro atoms. The second-order valence-corrected chi connectivity index (χ2v) is 5.57. The van der Waals surface area contributed by atoms with Crippen LogP contribution in [0.5, 0.6) is 5.75 Å². The number of aryl methyl sites for hydroxylation is 1. The van der Waals surface area contributed by atoms with Crippen molar-refractivity contribution in [1.82, 2.24) is 4.98 Å². The molecule has 0 radical (unpaired) electrons. The van der Waals surface area contributed by atoms with E-state index in [4.69, 9.17) is 9.84 Å². The molecule has 106 valence electrons. The predicted molar refractivity (Wildman–Crippen MR) is 78.0 cm³/mol. The van der Waals surface area contributed by atoms with Crippen LogP contribution >= 0.6 is 0 Å². The molecule has 4 heteroatoms. The van der Waals surface area contributed by atoms with Crippen LogP contribution in [0.2, 0.25) is 0 Å². The maximum absolute atomic E-state index is 11.1. The van der Waals surface area contributed by atoms with Crippen molar-refractivity contribution in [3.05, 3.63) is 36.0 Å². The maximum atomic E-state index is 11.1. The van der Waals surface area contributed by atoms with Gasteiger partial charge in [-0.25, -0.2) is 4.98 Å². The summed E-state index contributed by atoms with van der Waals surface area (Å²) < 4.78 is 5.73. The number of carboxylic acids is 1. The Labute approximate surface area is 118 Å². The number of aliphatic carboxylic acids is 1. The van der Waals surface area contributed by atoms with Gasteiger partial charge in [-0.3, -0.25) is 4.79 Å². The minimum atomic E-state index is -0.812. The van der Waals surface area contributed by atoms with E-state index in [9.17, 15) is 4.79 Å². The van der Waals surface area contributed by atoms with Gasteiger partial charge in [-0.05, 0) is 39.3 Å². The highest BCUT2D eigenvalue weighted by Gasteiger charge is 2.26. The van der Waals surface area contributed by atoms with Crippen molar-refractivity contribution in [2.45, 2.75) is 27.2 Å². The summed E-state index contributed by atoms with van der Waals surface area (Å²) in [5.74, 6) is -0.111. The summed E-state index contributed by atoms with van der Waals surface area (Å²) in [5, 5.41) is 10.1. The molecule has 2 rings (SSSR count). The van der Waals surface area contributed by atoms with Crippen LogP contribution < -0.4 is 4.74 Å². The van der Waals surface area contributed by atoms with E-state index in [-0.39, 0.29) is 0 Å². The van der Waals surface area contributed by atoms with E-state index in [0.717, 1.165) is 16.6 Å². The summed E-state index contributed by atoms with van der Waals surface area (Å²) in [7, 11) is 0. The van der Waals surface area contributed by atoms with Gasteiger partial charge in [0, 0.05) is 11.1 Å². The first-order valence-corrected chi connectivity index (χ1v) is 6.63. The van der Waals surface area contributed by atoms with Gasteiger partial charge < -0.3 is 9.84 Å². The monoisotopic (exact) mass is 273 g/mol. The number of nitrogens with zero attached hydrogens (tertiary/aromatic N) is 1. The van der Waals surface area contributed by atoms with Crippen LogP contribution in [0.15, 0.2) is 30.3 Å². The van der Waals surface area contributed by atoms with Gasteiger partial charge in [-0.1, -0.05) is 18.2 Å². The molecule has 2 aromatic rings. The number of pyridine rings is 1. The summed E-state index contributed by atoms with van der Waals surface area (Å²) in [4.78, 5) is 15.5. The van der Waals surface area contributed by atoms with E-state index >= 15 is 0 Å². The Kier molecular flexibility index (Phi) is 3.93. The Morgan fingerprint density at radius 2 is 2.05 bits per heavy atom. The zero-order valence-corrected chi connectivity index (χ0v) is 12.0. The molecule has 0 fully saturated rings. The van der Waals surface area contributed by atoms with E-state index in [1.165, 1.54) is 0 Å². The summed E-state index contributed by atoms with van der Waals surface area (Å²) in [6.45, 7) is 5.69. The molecule has 0 saturated carbocycles. The molecule has 20 heavy (non-hydrogen) atoms. The summed E-state index contributed by atoms with van der Waals surface area (Å²) >= 11 is 0. The Morgan fingerprint density at radius 3 is 2.75 bits per heavy atom. The third-order valence-electron chi connectivity index (χ3n) is 3.39. The van der Waals surface area contributed by atoms with Crippen molar-refractivity contribution in [2.75, 3.05) is 6.61 Å². The molecule has 0 atom stereocenters. The van der Waals surface area contributed by atoms with Crippen LogP contribution in [0.25, 0.3) is 10.9 Å². The van der Waals surface area contributed by atoms with Crippen molar-refractivity contribution in [1.29, 1.82) is 0 Å². The Hall–Kier alpha value is -2.10. The van der Waals surface area contributed by atoms with Gasteiger partial charge >= 0.3 is 5.97 Å². The molecule has 0 unspecified atom stereocenters. The van der Waals surface area contributed by atoms with Crippen LogP contribution in [0.3, 0.4) is 0 Å². The number of aromatic nitrogens is 1. The van der Waals surface area contributed by atoms with Crippen molar-refractivity contribution in [3.63, 3.8) is 0 Å². The lowest BCUT2D eigenvalue weighted by Crippen LogP contribution is -2.25. The molecule has 4 nitrogen and oxygen atoms in total. The zero-order chi connectivity index (χ0) is 14.8. The third kappa shape index (κ3) is 3.07. The number of hydrogen-bond donors (Lipinski definition) is 1. The van der Waals surface area contributed by atoms with Gasteiger partial charge in [-0.2, -0.15) is 0 Å². The first kappa shape index (κ1) is 14.3. The first-order chi connectivity index (χ1) is 9.40. The highest BCUT2D eigenvalue weighted by Crippen LogP contribution is 2.26. The van der Waals surface area contributed by atoms with Gasteiger partial charge in [0.25, 0.3) is 0 Å². The maximum Gasteiger partial charge on any atom is 0.309 e. The second kappa shape index (κ2) is 5.49. The van der Waals surface area contributed by atoms with E-state index in [2.05, 4.69) is 4.98 Å². The molecule has 0 aliphatic rings. The Morgan fingerprint density at radius 1 is 1.30 bits per heavy atom. The fourth-order valence-electron chi connectivity index (χ4n) is 1.86. The predicted octanol–water partition coefficient (Wildman–Crippen LogP) is 3.42. The largest absolute Gasteiger partial charge is 0.491 e. The SMILES string of the molecule is Cc1ccc2cccc(OCCC(C)(C)C(=O)O)c2n1. The number of carboxylic acid groups (broad SMARTS) is 1. The molecule has 1 N–H and O–H groups in total. The molecule has 0 amide bonds. The standard InChI is InChI=1S/C16H19NO3/c1-11-7-8-12-5-4-6-13(14(12)17-11)20-10-9-16(2,3)15(18)19/h4-8H,9-10H2,1-3H3,(H,18,19). The Balaban J connectivity index is 2.14. The highest BCUT2D eigenvalue weighted by molar-refractivity contribution is 5.84. The molecule has 0 bridgehead atoms. The zero-order valence-electron chi connectivity index (χ0n) is 12.0. The molecule has 1 heterocycles. The lowest BCUT2D eigenvalue weighted by molar-refractivity contribution is -0.147. The van der Waals surface area contributed by atoms with E-state index < -0.39 is 11.4 Å². The van der Waals surface area contributed by atoms with Gasteiger partial charge in [0.15, 0.2) is 0 Å². The molecule has 1 aromatic carbocycles. The molecule has 0 aliphatic carbocycles. The first-order valence-electron chi connectivity index (χ1n) is 6.63. The van der Waals surface area contributed by atoms with Gasteiger partial charge in [-0.15, -0.1) is 0 Å². The minimum absolute atomic E-state index is 0.355. The third-order valence-corrected chi connectivity index (χ3v) is 3.39. The van der Waals surface area contributed by atoms with E-state index in [1.54, 1.807) is 13.8 Å². The number of hydrogen-bond acceptors (Lipinski definition) is 3. The van der Waals surface area contributed by atoms with Crippen molar-refractivity contribution >= 4 is 16.9 Å². The minimum Gasteiger partial charge on any atom is -0.491 e. The fraction of sp³-hybridized carbons (Fsp3) is 0.375. The van der Waals surface area contributed by atoms with Crippen molar-refractivity contribution < 1.29 is 14.6 Å². The van der Waals surface area contributed by atoms with Crippen LogP contribution in [-0.4, -0.2) is 22.7 Å². The van der Waals surface area contributed by atoms with Gasteiger partial charge in [0.1, 0.15) is 11.3 Å². The summed E-state index contributed by atoms with van der Waals surface area (Å²) in [5.41, 5.74) is 0.966. The van der Waals surface area contributed by atoms with E-state index in [1.807, 2.05) is 37.3 Å². The lowest BCUT2D eigenvalue weighted by atomic mass is 9.90. The number of carbonyl (C=O) groups is 1. The summed E-state index contributed by atoms with van der Waals surface area (Å²) in [6, 6.07) is 9.72. The summed E-state index contributed by atoms with van der Waals surface area (Å²) in [6.07, 6.45) is 0.449. The molecule has 0 aliphatic heterocycles. The molecular weight excluding hydrogens is 254 g/mol. The topological polar surface area (TPSA) is 59.4 Å². The number of rotatable bonds is 5. The number of ether oxygens (including phenoxy) is 1. The smallest absolute Gasteiger partial charge is 0.309 e. The normalized spacial score (nSPS) is 11.6. The van der Waals surface area contributed by atoms with Crippen LogP contribution in [0.4, 0.5) is 0 Å². The average molecular weight is 273 g/mol. The Bertz CT molecular complexity index is 635. The number of fused-ring (bicyclic) bond motifs is 1. The quantitative estimate of drug-likeness (QED) is 0.906. The highest BCUT2D eigenvalue weighted by atomic mass is 16.5. The molecule has 0 saturated heterocycles.